The molecule has 0 aliphatic carbocycles. The molecule has 0 amide bonds. The lowest BCUT2D eigenvalue weighted by molar-refractivity contribution is 0.283. The van der Waals surface area contributed by atoms with Crippen LogP contribution >= 0.6 is 0 Å². The summed E-state index contributed by atoms with van der Waals surface area (Å²) in [5.41, 5.74) is 0.606. The Balaban J connectivity index is 2.00. The lowest BCUT2D eigenvalue weighted by Crippen LogP contribution is -2.09. The van der Waals surface area contributed by atoms with E-state index < -0.39 is 5.82 Å². The largest absolute Gasteiger partial charge is 0.489 e. The summed E-state index contributed by atoms with van der Waals surface area (Å²) in [6.45, 7) is 2.60. The van der Waals surface area contributed by atoms with Gasteiger partial charge < -0.3 is 14.4 Å². The molecule has 0 unspecified atom stereocenters. The van der Waals surface area contributed by atoms with Crippen molar-refractivity contribution >= 4 is 0 Å². The SMILES string of the molecule is Cc1nccn1CCOc1cc(C#CCO)ccc1F. The highest BCUT2D eigenvalue weighted by molar-refractivity contribution is 5.40. The van der Waals surface area contributed by atoms with Gasteiger partial charge in [0, 0.05) is 18.0 Å². The Morgan fingerprint density at radius 3 is 3.00 bits per heavy atom. The first-order chi connectivity index (χ1) is 9.70. The van der Waals surface area contributed by atoms with E-state index >= 15 is 0 Å². The van der Waals surface area contributed by atoms with E-state index in [-0.39, 0.29) is 12.4 Å². The van der Waals surface area contributed by atoms with Crippen molar-refractivity contribution in [3.63, 3.8) is 0 Å². The van der Waals surface area contributed by atoms with Gasteiger partial charge in [0.15, 0.2) is 11.6 Å². The molecule has 0 aliphatic heterocycles. The van der Waals surface area contributed by atoms with E-state index in [0.717, 1.165) is 5.82 Å². The van der Waals surface area contributed by atoms with Crippen LogP contribution < -0.4 is 4.74 Å². The molecule has 104 valence electrons. The van der Waals surface area contributed by atoms with Crippen LogP contribution in [0.2, 0.25) is 0 Å². The normalized spacial score (nSPS) is 9.95. The lowest BCUT2D eigenvalue weighted by Gasteiger charge is -2.09. The molecule has 1 aromatic carbocycles. The van der Waals surface area contributed by atoms with Crippen LogP contribution in [-0.4, -0.2) is 27.9 Å². The molecule has 20 heavy (non-hydrogen) atoms. The van der Waals surface area contributed by atoms with E-state index in [4.69, 9.17) is 9.84 Å². The predicted molar refractivity (Wildman–Crippen MR) is 72.8 cm³/mol. The van der Waals surface area contributed by atoms with Gasteiger partial charge in [-0.05, 0) is 25.1 Å². The van der Waals surface area contributed by atoms with Gasteiger partial charge in [0.2, 0.25) is 0 Å². The molecule has 2 rings (SSSR count). The molecule has 4 nitrogen and oxygen atoms in total. The van der Waals surface area contributed by atoms with Crippen LogP contribution in [0.4, 0.5) is 4.39 Å². The number of aryl methyl sites for hydroxylation is 1. The number of ether oxygens (including phenoxy) is 1. The standard InChI is InChI=1S/C15H15FN2O2/c1-12-17-6-7-18(12)8-10-20-15-11-13(3-2-9-19)4-5-14(15)16/h4-7,11,19H,8-10H2,1H3. The van der Waals surface area contributed by atoms with Crippen LogP contribution in [-0.2, 0) is 6.54 Å². The Morgan fingerprint density at radius 2 is 2.30 bits per heavy atom. The molecule has 1 heterocycles. The molecule has 0 fully saturated rings. The molecule has 0 atom stereocenters. The number of nitrogens with zero attached hydrogens (tertiary/aromatic N) is 2. The maximum absolute atomic E-state index is 13.6. The van der Waals surface area contributed by atoms with E-state index in [2.05, 4.69) is 16.8 Å². The molecular formula is C15H15FN2O2. The Hall–Kier alpha value is -2.32. The van der Waals surface area contributed by atoms with Crippen molar-refractivity contribution in [2.24, 2.45) is 0 Å². The summed E-state index contributed by atoms with van der Waals surface area (Å²) >= 11 is 0. The number of aliphatic hydroxyl groups excluding tert-OH is 1. The highest BCUT2D eigenvalue weighted by Gasteiger charge is 2.04. The molecule has 0 aliphatic rings. The van der Waals surface area contributed by atoms with Crippen molar-refractivity contribution < 1.29 is 14.2 Å². The van der Waals surface area contributed by atoms with Crippen molar-refractivity contribution in [1.29, 1.82) is 0 Å². The number of imidazole rings is 1. The molecule has 5 heteroatoms. The van der Waals surface area contributed by atoms with Gasteiger partial charge in [0.25, 0.3) is 0 Å². The molecule has 1 aromatic heterocycles. The molecule has 2 aromatic rings. The Kier molecular flexibility index (Phi) is 4.75. The Labute approximate surface area is 116 Å². The fourth-order valence-electron chi connectivity index (χ4n) is 1.73. The second-order valence-electron chi connectivity index (χ2n) is 4.12. The van der Waals surface area contributed by atoms with Crippen LogP contribution in [0.1, 0.15) is 11.4 Å². The van der Waals surface area contributed by atoms with E-state index in [1.165, 1.54) is 12.1 Å². The summed E-state index contributed by atoms with van der Waals surface area (Å²) in [6.07, 6.45) is 3.55. The highest BCUT2D eigenvalue weighted by Crippen LogP contribution is 2.18. The minimum atomic E-state index is -0.429. The summed E-state index contributed by atoms with van der Waals surface area (Å²) in [5.74, 6) is 5.84. The van der Waals surface area contributed by atoms with E-state index in [1.807, 2.05) is 17.7 Å². The average Bonchev–Trinajstić information content (AvgIpc) is 2.85. The van der Waals surface area contributed by atoms with Gasteiger partial charge in [-0.2, -0.15) is 0 Å². The van der Waals surface area contributed by atoms with Crippen LogP contribution in [0.15, 0.2) is 30.6 Å². The fraction of sp³-hybridized carbons (Fsp3) is 0.267. The van der Waals surface area contributed by atoms with Gasteiger partial charge in [-0.3, -0.25) is 0 Å². The quantitative estimate of drug-likeness (QED) is 0.864. The van der Waals surface area contributed by atoms with Crippen molar-refractivity contribution in [1.82, 2.24) is 9.55 Å². The number of aromatic nitrogens is 2. The van der Waals surface area contributed by atoms with Gasteiger partial charge in [0.05, 0.1) is 6.54 Å². The summed E-state index contributed by atoms with van der Waals surface area (Å²) in [4.78, 5) is 4.10. The van der Waals surface area contributed by atoms with Crippen molar-refractivity contribution in [2.75, 3.05) is 13.2 Å². The smallest absolute Gasteiger partial charge is 0.165 e. The van der Waals surface area contributed by atoms with E-state index in [9.17, 15) is 4.39 Å². The summed E-state index contributed by atoms with van der Waals surface area (Å²) in [7, 11) is 0. The number of rotatable bonds is 4. The van der Waals surface area contributed by atoms with Gasteiger partial charge in [-0.25, -0.2) is 9.37 Å². The summed E-state index contributed by atoms with van der Waals surface area (Å²) < 4.78 is 21.0. The number of hydrogen-bond donors (Lipinski definition) is 1. The van der Waals surface area contributed by atoms with Crippen LogP contribution in [0, 0.1) is 24.6 Å². The number of aliphatic hydroxyl groups is 1. The van der Waals surface area contributed by atoms with Crippen LogP contribution in [0.3, 0.4) is 0 Å². The van der Waals surface area contributed by atoms with Crippen molar-refractivity contribution in [3.8, 4) is 17.6 Å². The summed E-state index contributed by atoms with van der Waals surface area (Å²) in [6, 6.07) is 4.38. The van der Waals surface area contributed by atoms with Gasteiger partial charge in [-0.15, -0.1) is 0 Å². The number of halogens is 1. The predicted octanol–water partition coefficient (Wildman–Crippen LogP) is 1.75. The molecular weight excluding hydrogens is 259 g/mol. The fourth-order valence-corrected chi connectivity index (χ4v) is 1.73. The van der Waals surface area contributed by atoms with Crippen LogP contribution in [0.5, 0.6) is 5.75 Å². The third-order valence-corrected chi connectivity index (χ3v) is 2.76. The van der Waals surface area contributed by atoms with Crippen LogP contribution in [0.25, 0.3) is 0 Å². The minimum absolute atomic E-state index is 0.160. The van der Waals surface area contributed by atoms with Gasteiger partial charge in [0.1, 0.15) is 19.0 Å². The Morgan fingerprint density at radius 1 is 1.45 bits per heavy atom. The Bertz CT molecular complexity index is 641. The first-order valence-corrected chi connectivity index (χ1v) is 6.20. The number of benzene rings is 1. The average molecular weight is 274 g/mol. The zero-order valence-corrected chi connectivity index (χ0v) is 11.1. The molecule has 0 spiro atoms. The first-order valence-electron chi connectivity index (χ1n) is 6.20. The second-order valence-corrected chi connectivity index (χ2v) is 4.12. The molecule has 0 saturated carbocycles. The molecule has 0 bridgehead atoms. The zero-order chi connectivity index (χ0) is 14.4. The molecule has 0 radical (unpaired) electrons. The lowest BCUT2D eigenvalue weighted by atomic mass is 10.2. The van der Waals surface area contributed by atoms with Crippen molar-refractivity contribution in [3.05, 3.63) is 47.8 Å². The molecule has 1 N–H and O–H groups in total. The summed E-state index contributed by atoms with van der Waals surface area (Å²) in [5, 5.41) is 8.64. The third-order valence-electron chi connectivity index (χ3n) is 2.76. The van der Waals surface area contributed by atoms with E-state index in [1.54, 1.807) is 12.3 Å². The van der Waals surface area contributed by atoms with Gasteiger partial charge in [-0.1, -0.05) is 11.8 Å². The monoisotopic (exact) mass is 274 g/mol. The zero-order valence-electron chi connectivity index (χ0n) is 11.1. The van der Waals surface area contributed by atoms with Gasteiger partial charge >= 0.3 is 0 Å². The first kappa shape index (κ1) is 14.1. The minimum Gasteiger partial charge on any atom is -0.489 e. The second kappa shape index (κ2) is 6.73. The van der Waals surface area contributed by atoms with E-state index in [0.29, 0.717) is 18.7 Å². The van der Waals surface area contributed by atoms with Crippen molar-refractivity contribution in [2.45, 2.75) is 13.5 Å². The molecule has 0 saturated heterocycles. The highest BCUT2D eigenvalue weighted by atomic mass is 19.1. The topological polar surface area (TPSA) is 47.3 Å². The maximum atomic E-state index is 13.6. The number of hydrogen-bond acceptors (Lipinski definition) is 3. The third kappa shape index (κ3) is 3.59. The maximum Gasteiger partial charge on any atom is 0.165 e.